The molecule has 1 aromatic rings. The van der Waals surface area contributed by atoms with Crippen LogP contribution >= 0.6 is 0 Å². The first-order valence-corrected chi connectivity index (χ1v) is 8.75. The van der Waals surface area contributed by atoms with E-state index in [0.717, 1.165) is 38.4 Å². The smallest absolute Gasteiger partial charge is 0.314 e. The molecule has 0 radical (unpaired) electrons. The molecule has 5 nitrogen and oxygen atoms in total. The second-order valence-corrected chi connectivity index (χ2v) is 6.44. The van der Waals surface area contributed by atoms with Crippen molar-refractivity contribution in [2.45, 2.75) is 58.4 Å². The molecule has 1 fully saturated rings. The number of carbonyl (C=O) groups excluding carboxylic acids is 1. The van der Waals surface area contributed by atoms with E-state index in [0.29, 0.717) is 5.92 Å². The third-order valence-electron chi connectivity index (χ3n) is 4.78. The number of aryl methyl sites for hydroxylation is 1. The lowest BCUT2D eigenvalue weighted by Gasteiger charge is -2.27. The maximum atomic E-state index is 11.8. The molecular formula is C17H30N4O. The van der Waals surface area contributed by atoms with Gasteiger partial charge in [0, 0.05) is 32.0 Å². The van der Waals surface area contributed by atoms with Crippen LogP contribution < -0.4 is 10.6 Å². The third-order valence-corrected chi connectivity index (χ3v) is 4.78. The highest BCUT2D eigenvalue weighted by Crippen LogP contribution is 2.29. The third kappa shape index (κ3) is 6.08. The molecule has 5 heteroatoms. The Morgan fingerprint density at radius 3 is 2.64 bits per heavy atom. The van der Waals surface area contributed by atoms with Gasteiger partial charge < -0.3 is 15.2 Å². The summed E-state index contributed by atoms with van der Waals surface area (Å²) in [5.41, 5.74) is 0. The number of rotatable bonds is 8. The minimum absolute atomic E-state index is 0.0137. The van der Waals surface area contributed by atoms with Crippen molar-refractivity contribution in [3.05, 3.63) is 18.7 Å². The average molecular weight is 306 g/mol. The van der Waals surface area contributed by atoms with Crippen molar-refractivity contribution >= 4 is 6.03 Å². The minimum Gasteiger partial charge on any atom is -0.338 e. The van der Waals surface area contributed by atoms with Crippen LogP contribution in [0.1, 0.15) is 51.9 Å². The Kier molecular flexibility index (Phi) is 7.26. The molecule has 0 unspecified atom stereocenters. The zero-order chi connectivity index (χ0) is 15.6. The molecule has 0 saturated heterocycles. The lowest BCUT2D eigenvalue weighted by atomic mass is 9.81. The van der Waals surface area contributed by atoms with E-state index in [9.17, 15) is 4.79 Å². The summed E-state index contributed by atoms with van der Waals surface area (Å²) in [6.07, 6.45) is 14.1. The first kappa shape index (κ1) is 16.8. The standard InChI is InChI=1S/C17H30N4O/c1-2-15-5-7-16(8-6-15)13-20-17(22)19-9-3-4-11-21-12-10-18-14-21/h10,12,14-16H,2-9,11,13H2,1H3,(H2,19,20,22). The summed E-state index contributed by atoms with van der Waals surface area (Å²) in [5.74, 6) is 1.59. The van der Waals surface area contributed by atoms with Gasteiger partial charge in [-0.15, -0.1) is 0 Å². The van der Waals surface area contributed by atoms with Crippen molar-refractivity contribution < 1.29 is 4.79 Å². The van der Waals surface area contributed by atoms with E-state index in [2.05, 4.69) is 27.1 Å². The number of carbonyl (C=O) groups is 1. The van der Waals surface area contributed by atoms with E-state index < -0.39 is 0 Å². The van der Waals surface area contributed by atoms with Crippen LogP contribution in [0.5, 0.6) is 0 Å². The molecule has 1 aliphatic rings. The van der Waals surface area contributed by atoms with E-state index in [-0.39, 0.29) is 6.03 Å². The van der Waals surface area contributed by atoms with Gasteiger partial charge in [0.15, 0.2) is 0 Å². The molecule has 0 bridgehead atoms. The fourth-order valence-corrected chi connectivity index (χ4v) is 3.18. The van der Waals surface area contributed by atoms with Gasteiger partial charge in [0.05, 0.1) is 6.33 Å². The lowest BCUT2D eigenvalue weighted by Crippen LogP contribution is -2.39. The predicted octanol–water partition coefficient (Wildman–Crippen LogP) is 3.18. The van der Waals surface area contributed by atoms with Crippen molar-refractivity contribution in [2.75, 3.05) is 13.1 Å². The zero-order valence-corrected chi connectivity index (χ0v) is 13.8. The van der Waals surface area contributed by atoms with Gasteiger partial charge in [-0.2, -0.15) is 0 Å². The van der Waals surface area contributed by atoms with E-state index >= 15 is 0 Å². The van der Waals surface area contributed by atoms with Crippen LogP contribution in [0.15, 0.2) is 18.7 Å². The van der Waals surface area contributed by atoms with Gasteiger partial charge in [-0.3, -0.25) is 0 Å². The van der Waals surface area contributed by atoms with Crippen molar-refractivity contribution in [2.24, 2.45) is 11.8 Å². The normalized spacial score (nSPS) is 21.5. The van der Waals surface area contributed by atoms with E-state index in [1.807, 2.05) is 12.5 Å². The van der Waals surface area contributed by atoms with Gasteiger partial charge in [-0.25, -0.2) is 9.78 Å². The lowest BCUT2D eigenvalue weighted by molar-refractivity contribution is 0.229. The largest absolute Gasteiger partial charge is 0.338 e. The summed E-state index contributed by atoms with van der Waals surface area (Å²) in [4.78, 5) is 15.8. The first-order valence-electron chi connectivity index (χ1n) is 8.75. The monoisotopic (exact) mass is 306 g/mol. The second-order valence-electron chi connectivity index (χ2n) is 6.44. The number of urea groups is 1. The Bertz CT molecular complexity index is 410. The summed E-state index contributed by atoms with van der Waals surface area (Å²) >= 11 is 0. The van der Waals surface area contributed by atoms with E-state index in [1.165, 1.54) is 32.1 Å². The van der Waals surface area contributed by atoms with Gasteiger partial charge in [-0.05, 0) is 37.5 Å². The highest BCUT2D eigenvalue weighted by Gasteiger charge is 2.20. The maximum Gasteiger partial charge on any atom is 0.314 e. The van der Waals surface area contributed by atoms with Gasteiger partial charge >= 0.3 is 6.03 Å². The summed E-state index contributed by atoms with van der Waals surface area (Å²) in [6.45, 7) is 4.81. The fraction of sp³-hybridized carbons (Fsp3) is 0.765. The number of nitrogens with one attached hydrogen (secondary N) is 2. The van der Waals surface area contributed by atoms with Crippen LogP contribution in [0.3, 0.4) is 0 Å². The molecule has 2 amide bonds. The number of nitrogens with zero attached hydrogens (tertiary/aromatic N) is 2. The van der Waals surface area contributed by atoms with Crippen molar-refractivity contribution in [1.29, 1.82) is 0 Å². The Labute approximate surface area is 133 Å². The Morgan fingerprint density at radius 1 is 1.18 bits per heavy atom. The number of aromatic nitrogens is 2. The van der Waals surface area contributed by atoms with E-state index in [1.54, 1.807) is 6.20 Å². The Hall–Kier alpha value is -1.52. The molecule has 1 heterocycles. The first-order chi connectivity index (χ1) is 10.8. The molecule has 0 spiro atoms. The van der Waals surface area contributed by atoms with Gasteiger partial charge in [0.1, 0.15) is 0 Å². The molecule has 0 aromatic carbocycles. The van der Waals surface area contributed by atoms with Crippen LogP contribution in [0.2, 0.25) is 0 Å². The Morgan fingerprint density at radius 2 is 1.95 bits per heavy atom. The second kappa shape index (κ2) is 9.49. The van der Waals surface area contributed by atoms with Crippen LogP contribution in [0.4, 0.5) is 4.79 Å². The number of amides is 2. The maximum absolute atomic E-state index is 11.8. The molecule has 1 saturated carbocycles. The van der Waals surface area contributed by atoms with Crippen LogP contribution in [-0.4, -0.2) is 28.7 Å². The Balaban J connectivity index is 1.46. The predicted molar refractivity (Wildman–Crippen MR) is 88.6 cm³/mol. The fourth-order valence-electron chi connectivity index (χ4n) is 3.18. The number of hydrogen-bond acceptors (Lipinski definition) is 2. The molecular weight excluding hydrogens is 276 g/mol. The topological polar surface area (TPSA) is 59.0 Å². The molecule has 124 valence electrons. The molecule has 22 heavy (non-hydrogen) atoms. The molecule has 1 aromatic heterocycles. The zero-order valence-electron chi connectivity index (χ0n) is 13.8. The average Bonchev–Trinajstić information content (AvgIpc) is 3.06. The highest BCUT2D eigenvalue weighted by atomic mass is 16.2. The number of unbranched alkanes of at least 4 members (excludes halogenated alkanes) is 1. The highest BCUT2D eigenvalue weighted by molar-refractivity contribution is 5.73. The molecule has 0 aliphatic heterocycles. The molecule has 1 aliphatic carbocycles. The van der Waals surface area contributed by atoms with Crippen molar-refractivity contribution in [3.8, 4) is 0 Å². The van der Waals surface area contributed by atoms with Gasteiger partial charge in [-0.1, -0.05) is 26.2 Å². The molecule has 2 N–H and O–H groups in total. The quantitative estimate of drug-likeness (QED) is 0.725. The summed E-state index contributed by atoms with van der Waals surface area (Å²) in [6, 6.07) is -0.0137. The van der Waals surface area contributed by atoms with Gasteiger partial charge in [0.25, 0.3) is 0 Å². The summed E-state index contributed by atoms with van der Waals surface area (Å²) in [5, 5.41) is 5.97. The number of hydrogen-bond donors (Lipinski definition) is 2. The number of imidazole rings is 1. The van der Waals surface area contributed by atoms with Crippen LogP contribution in [-0.2, 0) is 6.54 Å². The summed E-state index contributed by atoms with van der Waals surface area (Å²) < 4.78 is 2.06. The van der Waals surface area contributed by atoms with Crippen molar-refractivity contribution in [1.82, 2.24) is 20.2 Å². The van der Waals surface area contributed by atoms with E-state index in [4.69, 9.17) is 0 Å². The van der Waals surface area contributed by atoms with Crippen molar-refractivity contribution in [3.63, 3.8) is 0 Å². The van der Waals surface area contributed by atoms with Crippen LogP contribution in [0, 0.1) is 11.8 Å². The van der Waals surface area contributed by atoms with Gasteiger partial charge in [0.2, 0.25) is 0 Å². The SMILES string of the molecule is CCC1CCC(CNC(=O)NCCCCn2ccnc2)CC1. The summed E-state index contributed by atoms with van der Waals surface area (Å²) in [7, 11) is 0. The molecule has 0 atom stereocenters. The molecule has 2 rings (SSSR count). The minimum atomic E-state index is -0.0137. The van der Waals surface area contributed by atoms with Crippen LogP contribution in [0.25, 0.3) is 0 Å².